The van der Waals surface area contributed by atoms with Gasteiger partial charge in [-0.2, -0.15) is 0 Å². The van der Waals surface area contributed by atoms with Gasteiger partial charge in [0.2, 0.25) is 0 Å². The van der Waals surface area contributed by atoms with Crippen LogP contribution < -0.4 is 5.32 Å². The zero-order valence-electron chi connectivity index (χ0n) is 16.3. The lowest BCUT2D eigenvalue weighted by Crippen LogP contribution is -2.36. The molecule has 0 saturated carbocycles. The van der Waals surface area contributed by atoms with Crippen LogP contribution in [0.4, 0.5) is 10.5 Å². The molecule has 1 fully saturated rings. The number of hydrogen-bond acceptors (Lipinski definition) is 4. The van der Waals surface area contributed by atoms with Crippen molar-refractivity contribution in [3.05, 3.63) is 29.8 Å². The van der Waals surface area contributed by atoms with E-state index in [-0.39, 0.29) is 12.1 Å². The molecule has 1 aliphatic rings. The first-order valence-corrected chi connectivity index (χ1v) is 9.37. The standard InChI is InChI=1S/C20H33N3O2/c1-6-22(7-2)14-16-10-8-9-11-18(16)21-17-12-13-23(15-17)19(24)25-20(3,4)5/h8-11,17,21H,6-7,12-15H2,1-5H3. The second kappa shape index (κ2) is 8.56. The predicted molar refractivity (Wildman–Crippen MR) is 103 cm³/mol. The highest BCUT2D eigenvalue weighted by molar-refractivity contribution is 5.68. The summed E-state index contributed by atoms with van der Waals surface area (Å²) in [6.07, 6.45) is 0.729. The van der Waals surface area contributed by atoms with Gasteiger partial charge in [-0.05, 0) is 51.9 Å². The van der Waals surface area contributed by atoms with Crippen LogP contribution in [0.15, 0.2) is 24.3 Å². The van der Waals surface area contributed by atoms with E-state index in [0.29, 0.717) is 6.54 Å². The van der Waals surface area contributed by atoms with Crippen LogP contribution in [0.25, 0.3) is 0 Å². The Morgan fingerprint density at radius 2 is 1.96 bits per heavy atom. The van der Waals surface area contributed by atoms with E-state index < -0.39 is 5.60 Å². The quantitative estimate of drug-likeness (QED) is 0.846. The van der Waals surface area contributed by atoms with Crippen LogP contribution >= 0.6 is 0 Å². The number of para-hydroxylation sites is 1. The Hall–Kier alpha value is -1.75. The third kappa shape index (κ3) is 5.92. The number of rotatable bonds is 6. The van der Waals surface area contributed by atoms with E-state index in [9.17, 15) is 4.79 Å². The molecule has 0 aliphatic carbocycles. The van der Waals surface area contributed by atoms with Crippen LogP contribution in [-0.4, -0.2) is 53.7 Å². The summed E-state index contributed by atoms with van der Waals surface area (Å²) in [5.41, 5.74) is 2.03. The van der Waals surface area contributed by atoms with E-state index in [2.05, 4.69) is 48.3 Å². The summed E-state index contributed by atoms with van der Waals surface area (Å²) in [7, 11) is 0. The number of anilines is 1. The Morgan fingerprint density at radius 1 is 1.28 bits per heavy atom. The van der Waals surface area contributed by atoms with Crippen molar-refractivity contribution in [1.29, 1.82) is 0 Å². The third-order valence-electron chi connectivity index (χ3n) is 4.51. The van der Waals surface area contributed by atoms with Gasteiger partial charge in [-0.1, -0.05) is 32.0 Å². The van der Waals surface area contributed by atoms with Gasteiger partial charge in [0.05, 0.1) is 0 Å². The average Bonchev–Trinajstić information content (AvgIpc) is 3.01. The molecule has 5 nitrogen and oxygen atoms in total. The number of amides is 1. The maximum absolute atomic E-state index is 12.2. The normalized spacial score (nSPS) is 17.8. The van der Waals surface area contributed by atoms with Crippen molar-refractivity contribution in [3.8, 4) is 0 Å². The van der Waals surface area contributed by atoms with Gasteiger partial charge in [-0.25, -0.2) is 4.79 Å². The molecule has 1 saturated heterocycles. The topological polar surface area (TPSA) is 44.8 Å². The fourth-order valence-corrected chi connectivity index (χ4v) is 3.08. The molecule has 0 bridgehead atoms. The number of hydrogen-bond donors (Lipinski definition) is 1. The van der Waals surface area contributed by atoms with E-state index in [1.165, 1.54) is 11.3 Å². The molecular weight excluding hydrogens is 314 g/mol. The van der Waals surface area contributed by atoms with Crippen LogP contribution in [0, 0.1) is 0 Å². The number of carbonyl (C=O) groups is 1. The molecule has 2 rings (SSSR count). The van der Waals surface area contributed by atoms with Crippen molar-refractivity contribution in [2.75, 3.05) is 31.5 Å². The molecule has 140 valence electrons. The van der Waals surface area contributed by atoms with Crippen LogP contribution in [0.3, 0.4) is 0 Å². The molecule has 0 aromatic heterocycles. The molecule has 1 heterocycles. The Kier molecular flexibility index (Phi) is 6.71. The first-order valence-electron chi connectivity index (χ1n) is 9.37. The Morgan fingerprint density at radius 3 is 2.60 bits per heavy atom. The average molecular weight is 348 g/mol. The van der Waals surface area contributed by atoms with Gasteiger partial charge < -0.3 is 15.0 Å². The fraction of sp³-hybridized carbons (Fsp3) is 0.650. The lowest BCUT2D eigenvalue weighted by molar-refractivity contribution is 0.0293. The SMILES string of the molecule is CCN(CC)Cc1ccccc1NC1CCN(C(=O)OC(C)(C)C)C1. The molecule has 1 aromatic rings. The zero-order chi connectivity index (χ0) is 18.4. The van der Waals surface area contributed by atoms with Crippen LogP contribution in [0.1, 0.15) is 46.6 Å². The maximum Gasteiger partial charge on any atom is 0.410 e. The molecule has 1 aliphatic heterocycles. The van der Waals surface area contributed by atoms with Crippen LogP contribution in [0.2, 0.25) is 0 Å². The van der Waals surface area contributed by atoms with Crippen molar-refractivity contribution in [3.63, 3.8) is 0 Å². The molecule has 1 atom stereocenters. The van der Waals surface area contributed by atoms with Gasteiger partial charge in [0, 0.05) is 31.4 Å². The Balaban J connectivity index is 1.96. The molecular formula is C20H33N3O2. The van der Waals surface area contributed by atoms with Gasteiger partial charge in [0.15, 0.2) is 0 Å². The molecule has 1 amide bonds. The van der Waals surface area contributed by atoms with Crippen LogP contribution in [0.5, 0.6) is 0 Å². The smallest absolute Gasteiger partial charge is 0.410 e. The first kappa shape index (κ1) is 19.6. The summed E-state index contributed by atoms with van der Waals surface area (Å²) >= 11 is 0. The number of ether oxygens (including phenoxy) is 1. The highest BCUT2D eigenvalue weighted by Crippen LogP contribution is 2.22. The Labute approximate surface area is 152 Å². The van der Waals surface area contributed by atoms with E-state index >= 15 is 0 Å². The highest BCUT2D eigenvalue weighted by atomic mass is 16.6. The van der Waals surface area contributed by atoms with Gasteiger partial charge in [0.25, 0.3) is 0 Å². The molecule has 25 heavy (non-hydrogen) atoms. The second-order valence-corrected chi connectivity index (χ2v) is 7.67. The van der Waals surface area contributed by atoms with Crippen molar-refractivity contribution < 1.29 is 9.53 Å². The summed E-state index contributed by atoms with van der Waals surface area (Å²) in [5, 5.41) is 3.63. The lowest BCUT2D eigenvalue weighted by atomic mass is 10.1. The van der Waals surface area contributed by atoms with Crippen molar-refractivity contribution in [2.45, 2.75) is 59.2 Å². The van der Waals surface area contributed by atoms with E-state index in [4.69, 9.17) is 4.74 Å². The number of likely N-dealkylation sites (tertiary alicyclic amines) is 1. The lowest BCUT2D eigenvalue weighted by Gasteiger charge is -2.25. The molecule has 1 unspecified atom stereocenters. The van der Waals surface area contributed by atoms with Gasteiger partial charge in [0.1, 0.15) is 5.60 Å². The number of nitrogens with one attached hydrogen (secondary N) is 1. The monoisotopic (exact) mass is 347 g/mol. The fourth-order valence-electron chi connectivity index (χ4n) is 3.08. The molecule has 1 aromatic carbocycles. The summed E-state index contributed by atoms with van der Waals surface area (Å²) in [5.74, 6) is 0. The third-order valence-corrected chi connectivity index (χ3v) is 4.51. The maximum atomic E-state index is 12.2. The highest BCUT2D eigenvalue weighted by Gasteiger charge is 2.29. The Bertz CT molecular complexity index is 564. The van der Waals surface area contributed by atoms with E-state index in [1.54, 1.807) is 4.90 Å². The van der Waals surface area contributed by atoms with Gasteiger partial charge in [-0.15, -0.1) is 0 Å². The second-order valence-electron chi connectivity index (χ2n) is 7.67. The van der Waals surface area contributed by atoms with Gasteiger partial charge in [-0.3, -0.25) is 4.90 Å². The molecule has 0 spiro atoms. The zero-order valence-corrected chi connectivity index (χ0v) is 16.3. The largest absolute Gasteiger partial charge is 0.444 e. The van der Waals surface area contributed by atoms with Gasteiger partial charge >= 0.3 is 6.09 Å². The number of nitrogens with zero attached hydrogens (tertiary/aromatic N) is 2. The number of carbonyl (C=O) groups excluding carboxylic acids is 1. The van der Waals surface area contributed by atoms with Crippen LogP contribution in [-0.2, 0) is 11.3 Å². The van der Waals surface area contributed by atoms with E-state index in [1.807, 2.05) is 20.8 Å². The predicted octanol–water partition coefficient (Wildman–Crippen LogP) is 3.95. The summed E-state index contributed by atoms with van der Waals surface area (Å²) < 4.78 is 5.48. The van der Waals surface area contributed by atoms with Crippen molar-refractivity contribution in [1.82, 2.24) is 9.80 Å². The van der Waals surface area contributed by atoms with E-state index in [0.717, 1.165) is 32.6 Å². The minimum atomic E-state index is -0.445. The minimum Gasteiger partial charge on any atom is -0.444 e. The summed E-state index contributed by atoms with van der Waals surface area (Å²) in [4.78, 5) is 16.4. The summed E-state index contributed by atoms with van der Waals surface area (Å²) in [6, 6.07) is 8.74. The minimum absolute atomic E-state index is 0.215. The first-order chi connectivity index (χ1) is 11.8. The summed E-state index contributed by atoms with van der Waals surface area (Å²) in [6.45, 7) is 14.5. The van der Waals surface area contributed by atoms with Crippen molar-refractivity contribution in [2.24, 2.45) is 0 Å². The number of benzene rings is 1. The molecule has 1 N–H and O–H groups in total. The molecule has 0 radical (unpaired) electrons. The molecule has 5 heteroatoms. The van der Waals surface area contributed by atoms with Crippen molar-refractivity contribution >= 4 is 11.8 Å².